The van der Waals surface area contributed by atoms with E-state index >= 15 is 0 Å². The van der Waals surface area contributed by atoms with Crippen molar-refractivity contribution in [3.05, 3.63) is 71.8 Å². The Morgan fingerprint density at radius 1 is 0.962 bits per heavy atom. The quantitative estimate of drug-likeness (QED) is 0.620. The van der Waals surface area contributed by atoms with E-state index in [9.17, 15) is 4.79 Å². The molecule has 3 heteroatoms. The van der Waals surface area contributed by atoms with Gasteiger partial charge in [0.05, 0.1) is 26.6 Å². The molecule has 1 aliphatic carbocycles. The first-order valence-corrected chi connectivity index (χ1v) is 9.58. The van der Waals surface area contributed by atoms with E-state index in [-0.39, 0.29) is 12.1 Å². The number of hydrogen-bond acceptors (Lipinski definition) is 2. The molecule has 0 radical (unpaired) electrons. The maximum absolute atomic E-state index is 13.5. The normalized spacial score (nSPS) is 26.7. The number of carbonyl (C=O) groups excluding carboxylic acids is 1. The first kappa shape index (κ1) is 17.3. The van der Waals surface area contributed by atoms with E-state index < -0.39 is 5.41 Å². The van der Waals surface area contributed by atoms with Gasteiger partial charge in [-0.15, -0.1) is 0 Å². The van der Waals surface area contributed by atoms with Crippen LogP contribution in [0.2, 0.25) is 0 Å². The van der Waals surface area contributed by atoms with Crippen molar-refractivity contribution in [1.82, 2.24) is 0 Å². The molecular weight excluding hydrogens is 322 g/mol. The Labute approximate surface area is 156 Å². The second-order valence-corrected chi connectivity index (χ2v) is 8.59. The molecule has 3 atom stereocenters. The van der Waals surface area contributed by atoms with Gasteiger partial charge < -0.3 is 9.22 Å². The van der Waals surface area contributed by atoms with Gasteiger partial charge in [0.2, 0.25) is 0 Å². The lowest BCUT2D eigenvalue weighted by atomic mass is 9.76. The third kappa shape index (κ3) is 2.66. The molecule has 2 aromatic rings. The van der Waals surface area contributed by atoms with Crippen LogP contribution in [-0.4, -0.2) is 43.2 Å². The zero-order valence-corrected chi connectivity index (χ0v) is 15.9. The number of rotatable bonds is 4. The maximum atomic E-state index is 13.5. The molecule has 1 saturated heterocycles. The highest BCUT2D eigenvalue weighted by atomic mass is 16.5. The highest BCUT2D eigenvalue weighted by molar-refractivity contribution is 5.87. The summed E-state index contributed by atoms with van der Waals surface area (Å²) in [7, 11) is 4.52. The van der Waals surface area contributed by atoms with Gasteiger partial charge in [0.1, 0.15) is 11.5 Å². The van der Waals surface area contributed by atoms with Gasteiger partial charge in [-0.1, -0.05) is 60.7 Å². The van der Waals surface area contributed by atoms with Crippen LogP contribution in [0.15, 0.2) is 60.7 Å². The van der Waals surface area contributed by atoms with E-state index in [1.807, 2.05) is 67.6 Å². The molecule has 4 rings (SSSR count). The van der Waals surface area contributed by atoms with Gasteiger partial charge >= 0.3 is 5.97 Å². The number of fused-ring (bicyclic) bond motifs is 2. The molecule has 0 amide bonds. The Kier molecular flexibility index (Phi) is 4.15. The minimum absolute atomic E-state index is 0.0456. The van der Waals surface area contributed by atoms with Crippen molar-refractivity contribution < 1.29 is 14.0 Å². The minimum Gasteiger partial charge on any atom is -0.455 e. The summed E-state index contributed by atoms with van der Waals surface area (Å²) in [4.78, 5) is 13.5. The number of benzene rings is 2. The highest BCUT2D eigenvalue weighted by Gasteiger charge is 2.57. The topological polar surface area (TPSA) is 26.3 Å². The summed E-state index contributed by atoms with van der Waals surface area (Å²) in [6.07, 6.45) is 2.38. The fraction of sp³-hybridized carbons (Fsp3) is 0.435. The van der Waals surface area contributed by atoms with Crippen LogP contribution in [0, 0.1) is 5.92 Å². The molecule has 136 valence electrons. The molecule has 0 N–H and O–H groups in total. The highest BCUT2D eigenvalue weighted by Crippen LogP contribution is 2.44. The van der Waals surface area contributed by atoms with Gasteiger partial charge in [-0.25, -0.2) is 0 Å². The molecule has 2 aliphatic rings. The minimum atomic E-state index is -0.790. The van der Waals surface area contributed by atoms with Crippen LogP contribution >= 0.6 is 0 Å². The summed E-state index contributed by atoms with van der Waals surface area (Å²) < 4.78 is 7.22. The zero-order chi connectivity index (χ0) is 18.4. The number of hydrogen-bond donors (Lipinski definition) is 0. The lowest BCUT2D eigenvalue weighted by Crippen LogP contribution is -2.48. The van der Waals surface area contributed by atoms with Gasteiger partial charge in [-0.3, -0.25) is 4.79 Å². The smallest absolute Gasteiger partial charge is 0.321 e. The monoisotopic (exact) mass is 350 g/mol. The van der Waals surface area contributed by atoms with E-state index in [4.69, 9.17) is 4.74 Å². The Morgan fingerprint density at radius 2 is 1.50 bits per heavy atom. The predicted octanol–water partition coefficient (Wildman–Crippen LogP) is 3.77. The number of carbonyl (C=O) groups is 1. The number of ether oxygens (including phenoxy) is 1. The largest absolute Gasteiger partial charge is 0.455 e. The lowest BCUT2D eigenvalue weighted by Gasteiger charge is -2.34. The summed E-state index contributed by atoms with van der Waals surface area (Å²) in [5.74, 6) is 0.369. The fourth-order valence-electron chi connectivity index (χ4n) is 5.07. The number of quaternary nitrogens is 1. The number of likely N-dealkylation sites (tertiary alicyclic amines) is 1. The molecule has 1 aliphatic heterocycles. The average Bonchev–Trinajstić information content (AvgIpc) is 3.15. The van der Waals surface area contributed by atoms with Crippen molar-refractivity contribution in [3.8, 4) is 0 Å². The molecule has 2 bridgehead atoms. The lowest BCUT2D eigenvalue weighted by molar-refractivity contribution is -0.908. The van der Waals surface area contributed by atoms with Crippen molar-refractivity contribution in [3.63, 3.8) is 0 Å². The SMILES string of the molecule is CC(C(=O)OC1C2CC[C@H]1[N+](C)(C)C2)(c1ccccc1)c1ccccc1. The van der Waals surface area contributed by atoms with Crippen LogP contribution in [0.1, 0.15) is 30.9 Å². The van der Waals surface area contributed by atoms with Crippen LogP contribution in [0.25, 0.3) is 0 Å². The number of likely N-dealkylation sites (N-methyl/N-ethyl adjacent to an activating group) is 1. The van der Waals surface area contributed by atoms with E-state index in [0.717, 1.165) is 28.6 Å². The van der Waals surface area contributed by atoms with Crippen molar-refractivity contribution in [1.29, 1.82) is 0 Å². The molecule has 26 heavy (non-hydrogen) atoms. The number of nitrogens with zero attached hydrogens (tertiary/aromatic N) is 1. The summed E-state index contributed by atoms with van der Waals surface area (Å²) >= 11 is 0. The van der Waals surface area contributed by atoms with Gasteiger partial charge in [-0.05, 0) is 24.5 Å². The second-order valence-electron chi connectivity index (χ2n) is 8.59. The molecule has 3 nitrogen and oxygen atoms in total. The van der Waals surface area contributed by atoms with Crippen molar-refractivity contribution in [2.75, 3.05) is 20.6 Å². The third-order valence-electron chi connectivity index (χ3n) is 6.63. The Hall–Kier alpha value is -2.13. The van der Waals surface area contributed by atoms with Gasteiger partial charge in [0.15, 0.2) is 6.10 Å². The summed E-state index contributed by atoms with van der Waals surface area (Å²) in [6.45, 7) is 3.10. The second kappa shape index (κ2) is 6.24. The van der Waals surface area contributed by atoms with E-state index in [2.05, 4.69) is 14.1 Å². The molecular formula is C23H28NO2+. The predicted molar refractivity (Wildman–Crippen MR) is 103 cm³/mol. The van der Waals surface area contributed by atoms with Gasteiger partial charge in [0.25, 0.3) is 0 Å². The van der Waals surface area contributed by atoms with Crippen LogP contribution in [0.4, 0.5) is 0 Å². The van der Waals surface area contributed by atoms with Crippen molar-refractivity contribution in [2.24, 2.45) is 5.92 Å². The van der Waals surface area contributed by atoms with E-state index in [0.29, 0.717) is 12.0 Å². The van der Waals surface area contributed by atoms with Crippen LogP contribution < -0.4 is 0 Å². The third-order valence-corrected chi connectivity index (χ3v) is 6.63. The molecule has 2 unspecified atom stereocenters. The number of piperidine rings is 1. The van der Waals surface area contributed by atoms with E-state index in [1.165, 1.54) is 6.42 Å². The first-order chi connectivity index (χ1) is 12.4. The maximum Gasteiger partial charge on any atom is 0.321 e. The Morgan fingerprint density at radius 3 is 1.92 bits per heavy atom. The summed E-state index contributed by atoms with van der Waals surface area (Å²) in [6, 6.07) is 20.5. The first-order valence-electron chi connectivity index (χ1n) is 9.58. The van der Waals surface area contributed by atoms with Gasteiger partial charge in [0, 0.05) is 6.42 Å². The van der Waals surface area contributed by atoms with Crippen LogP contribution in [-0.2, 0) is 14.9 Å². The molecule has 1 saturated carbocycles. The summed E-state index contributed by atoms with van der Waals surface area (Å²) in [5, 5.41) is 0. The average molecular weight is 350 g/mol. The molecule has 0 spiro atoms. The summed E-state index contributed by atoms with van der Waals surface area (Å²) in [5.41, 5.74) is 1.17. The Bertz CT molecular complexity index is 745. The molecule has 2 fully saturated rings. The van der Waals surface area contributed by atoms with Crippen molar-refractivity contribution in [2.45, 2.75) is 37.3 Å². The molecule has 1 heterocycles. The zero-order valence-electron chi connectivity index (χ0n) is 15.9. The van der Waals surface area contributed by atoms with E-state index in [1.54, 1.807) is 0 Å². The standard InChI is InChI=1S/C23H28NO2/c1-23(18-10-6-4-7-11-18,19-12-8-5-9-13-19)22(25)26-21-17-14-15-20(21)24(2,3)16-17/h4-13,17,20-21H,14-16H2,1-3H3/q+1/t17?,20-,21?/m1/s1. The van der Waals surface area contributed by atoms with Crippen LogP contribution in [0.3, 0.4) is 0 Å². The molecule has 2 aromatic carbocycles. The van der Waals surface area contributed by atoms with Crippen LogP contribution in [0.5, 0.6) is 0 Å². The Balaban J connectivity index is 1.68. The number of esters is 1. The fourth-order valence-corrected chi connectivity index (χ4v) is 5.07. The molecule has 0 aromatic heterocycles. The van der Waals surface area contributed by atoms with Gasteiger partial charge in [-0.2, -0.15) is 0 Å². The van der Waals surface area contributed by atoms with Crippen molar-refractivity contribution >= 4 is 5.97 Å².